The minimum Gasteiger partial charge on any atom is -0.396 e. The van der Waals surface area contributed by atoms with Crippen molar-refractivity contribution < 1.29 is 9.50 Å². The Morgan fingerprint density at radius 2 is 2.24 bits per heavy atom. The minimum absolute atomic E-state index is 0.193. The van der Waals surface area contributed by atoms with Gasteiger partial charge in [0.1, 0.15) is 5.82 Å². The lowest BCUT2D eigenvalue weighted by molar-refractivity contribution is 0.229. The summed E-state index contributed by atoms with van der Waals surface area (Å²) < 4.78 is 13.1. The number of aliphatic hydroxyl groups is 1. The first kappa shape index (κ1) is 13.5. The van der Waals surface area contributed by atoms with Gasteiger partial charge in [-0.3, -0.25) is 0 Å². The van der Waals surface area contributed by atoms with E-state index in [2.05, 4.69) is 5.32 Å². The van der Waals surface area contributed by atoms with Gasteiger partial charge in [-0.25, -0.2) is 4.39 Å². The molecule has 1 rings (SSSR count). The molecule has 1 unspecified atom stereocenters. The van der Waals surface area contributed by atoms with Crippen LogP contribution in [0, 0.1) is 23.1 Å². The standard InChI is InChI=1S/C13H17FN2O/c1-10(9-17)3-2-4-16-13-6-11(8-15)5-12(14)7-13/h5-7,10,16-17H,2-4,9H2,1H3. The molecule has 0 spiro atoms. The van der Waals surface area contributed by atoms with Crippen LogP contribution < -0.4 is 5.32 Å². The predicted molar refractivity (Wildman–Crippen MR) is 65.1 cm³/mol. The number of halogens is 1. The molecule has 3 nitrogen and oxygen atoms in total. The molecule has 0 aliphatic heterocycles. The zero-order chi connectivity index (χ0) is 12.7. The first-order valence-corrected chi connectivity index (χ1v) is 5.71. The monoisotopic (exact) mass is 236 g/mol. The Hall–Kier alpha value is -1.60. The number of nitrogens with zero attached hydrogens (tertiary/aromatic N) is 1. The number of nitriles is 1. The van der Waals surface area contributed by atoms with Crippen molar-refractivity contribution in [2.75, 3.05) is 18.5 Å². The van der Waals surface area contributed by atoms with E-state index < -0.39 is 5.82 Å². The Labute approximate surface area is 101 Å². The van der Waals surface area contributed by atoms with E-state index in [1.807, 2.05) is 13.0 Å². The Morgan fingerprint density at radius 3 is 2.88 bits per heavy atom. The van der Waals surface area contributed by atoms with Crippen molar-refractivity contribution in [2.45, 2.75) is 19.8 Å². The molecule has 1 aromatic carbocycles. The molecule has 92 valence electrons. The number of anilines is 1. The largest absolute Gasteiger partial charge is 0.396 e. The van der Waals surface area contributed by atoms with Crippen LogP contribution in [0.5, 0.6) is 0 Å². The fourth-order valence-electron chi connectivity index (χ4n) is 1.53. The van der Waals surface area contributed by atoms with Crippen molar-refractivity contribution in [2.24, 2.45) is 5.92 Å². The molecule has 2 N–H and O–H groups in total. The van der Waals surface area contributed by atoms with Crippen LogP contribution in [-0.4, -0.2) is 18.3 Å². The van der Waals surface area contributed by atoms with Gasteiger partial charge in [-0.05, 0) is 37.0 Å². The molecule has 0 bridgehead atoms. The van der Waals surface area contributed by atoms with E-state index in [1.165, 1.54) is 12.1 Å². The lowest BCUT2D eigenvalue weighted by Crippen LogP contribution is -2.06. The van der Waals surface area contributed by atoms with Crippen LogP contribution in [0.3, 0.4) is 0 Å². The molecule has 0 aliphatic rings. The molecule has 0 aromatic heterocycles. The van der Waals surface area contributed by atoms with Crippen LogP contribution in [0.25, 0.3) is 0 Å². The normalized spacial score (nSPS) is 11.9. The highest BCUT2D eigenvalue weighted by Crippen LogP contribution is 2.14. The first-order chi connectivity index (χ1) is 8.15. The zero-order valence-electron chi connectivity index (χ0n) is 9.91. The second-order valence-electron chi connectivity index (χ2n) is 4.20. The van der Waals surface area contributed by atoms with Gasteiger partial charge in [-0.15, -0.1) is 0 Å². The van der Waals surface area contributed by atoms with E-state index in [0.717, 1.165) is 12.8 Å². The molecular weight excluding hydrogens is 219 g/mol. The van der Waals surface area contributed by atoms with Gasteiger partial charge in [0.2, 0.25) is 0 Å². The van der Waals surface area contributed by atoms with Gasteiger partial charge in [0.15, 0.2) is 0 Å². The molecular formula is C13H17FN2O. The molecule has 0 amide bonds. The number of aliphatic hydroxyl groups excluding tert-OH is 1. The van der Waals surface area contributed by atoms with E-state index in [0.29, 0.717) is 23.7 Å². The van der Waals surface area contributed by atoms with Crippen LogP contribution >= 0.6 is 0 Å². The number of hydrogen-bond donors (Lipinski definition) is 2. The molecule has 0 aliphatic carbocycles. The summed E-state index contributed by atoms with van der Waals surface area (Å²) in [5.41, 5.74) is 0.939. The summed E-state index contributed by atoms with van der Waals surface area (Å²) in [5, 5.41) is 20.6. The maximum absolute atomic E-state index is 13.1. The number of rotatable bonds is 6. The average Bonchev–Trinajstić information content (AvgIpc) is 2.33. The number of nitrogens with one attached hydrogen (secondary N) is 1. The fourth-order valence-corrected chi connectivity index (χ4v) is 1.53. The predicted octanol–water partition coefficient (Wildman–Crippen LogP) is 2.52. The summed E-state index contributed by atoms with van der Waals surface area (Å²) in [6.07, 6.45) is 1.82. The molecule has 1 aromatic rings. The van der Waals surface area contributed by atoms with E-state index >= 15 is 0 Å². The van der Waals surface area contributed by atoms with E-state index in [4.69, 9.17) is 10.4 Å². The van der Waals surface area contributed by atoms with Crippen LogP contribution in [-0.2, 0) is 0 Å². The van der Waals surface area contributed by atoms with E-state index in [9.17, 15) is 4.39 Å². The highest BCUT2D eigenvalue weighted by Gasteiger charge is 2.01. The molecule has 1 atom stereocenters. The molecule has 0 radical (unpaired) electrons. The number of benzene rings is 1. The van der Waals surface area contributed by atoms with Crippen LogP contribution in [0.2, 0.25) is 0 Å². The smallest absolute Gasteiger partial charge is 0.126 e. The lowest BCUT2D eigenvalue weighted by atomic mass is 10.1. The zero-order valence-corrected chi connectivity index (χ0v) is 9.91. The van der Waals surface area contributed by atoms with Gasteiger partial charge >= 0.3 is 0 Å². The highest BCUT2D eigenvalue weighted by atomic mass is 19.1. The topological polar surface area (TPSA) is 56.0 Å². The van der Waals surface area contributed by atoms with Crippen LogP contribution in [0.1, 0.15) is 25.3 Å². The van der Waals surface area contributed by atoms with Gasteiger partial charge in [0.25, 0.3) is 0 Å². The van der Waals surface area contributed by atoms with Crippen molar-refractivity contribution in [3.8, 4) is 6.07 Å². The summed E-state index contributed by atoms with van der Waals surface area (Å²) in [6, 6.07) is 6.12. The molecule has 17 heavy (non-hydrogen) atoms. The fraction of sp³-hybridized carbons (Fsp3) is 0.462. The maximum Gasteiger partial charge on any atom is 0.126 e. The third kappa shape index (κ3) is 4.83. The van der Waals surface area contributed by atoms with E-state index in [-0.39, 0.29) is 6.61 Å². The Kier molecular flexibility index (Phi) is 5.44. The molecule has 0 fully saturated rings. The van der Waals surface area contributed by atoms with Crippen molar-refractivity contribution in [1.82, 2.24) is 0 Å². The van der Waals surface area contributed by atoms with Gasteiger partial charge in [-0.1, -0.05) is 6.92 Å². The third-order valence-corrected chi connectivity index (χ3v) is 2.54. The average molecular weight is 236 g/mol. The lowest BCUT2D eigenvalue weighted by Gasteiger charge is -2.09. The SMILES string of the molecule is CC(CO)CCCNc1cc(F)cc(C#N)c1. The van der Waals surface area contributed by atoms with Crippen LogP contribution in [0.15, 0.2) is 18.2 Å². The quantitative estimate of drug-likeness (QED) is 0.746. The molecule has 4 heteroatoms. The Balaban J connectivity index is 2.42. The van der Waals surface area contributed by atoms with Gasteiger partial charge < -0.3 is 10.4 Å². The summed E-state index contributed by atoms with van der Waals surface area (Å²) in [6.45, 7) is 2.88. The minimum atomic E-state index is -0.407. The molecule has 0 heterocycles. The number of hydrogen-bond acceptors (Lipinski definition) is 3. The summed E-state index contributed by atoms with van der Waals surface area (Å²) >= 11 is 0. The van der Waals surface area contributed by atoms with Crippen molar-refractivity contribution in [3.63, 3.8) is 0 Å². The van der Waals surface area contributed by atoms with Gasteiger partial charge in [0.05, 0.1) is 11.6 Å². The van der Waals surface area contributed by atoms with Crippen molar-refractivity contribution in [1.29, 1.82) is 5.26 Å². The van der Waals surface area contributed by atoms with Gasteiger partial charge in [-0.2, -0.15) is 5.26 Å². The highest BCUT2D eigenvalue weighted by molar-refractivity contribution is 5.49. The second-order valence-corrected chi connectivity index (χ2v) is 4.20. The van der Waals surface area contributed by atoms with Crippen LogP contribution in [0.4, 0.5) is 10.1 Å². The third-order valence-electron chi connectivity index (χ3n) is 2.54. The van der Waals surface area contributed by atoms with Gasteiger partial charge in [0, 0.05) is 18.8 Å². The summed E-state index contributed by atoms with van der Waals surface area (Å²) in [5.74, 6) is -0.116. The molecule has 0 saturated heterocycles. The molecule has 0 saturated carbocycles. The Bertz CT molecular complexity index is 401. The van der Waals surface area contributed by atoms with E-state index in [1.54, 1.807) is 6.07 Å². The maximum atomic E-state index is 13.1. The Morgan fingerprint density at radius 1 is 1.47 bits per heavy atom. The first-order valence-electron chi connectivity index (χ1n) is 5.71. The van der Waals surface area contributed by atoms with Crippen molar-refractivity contribution >= 4 is 5.69 Å². The van der Waals surface area contributed by atoms with Crippen molar-refractivity contribution in [3.05, 3.63) is 29.6 Å². The summed E-state index contributed by atoms with van der Waals surface area (Å²) in [4.78, 5) is 0. The second kappa shape index (κ2) is 6.87. The summed E-state index contributed by atoms with van der Waals surface area (Å²) in [7, 11) is 0.